The van der Waals surface area contributed by atoms with Crippen LogP contribution >= 0.6 is 0 Å². The zero-order valence-corrected chi connectivity index (χ0v) is 28.4. The molecule has 2 aromatic carbocycles. The molecule has 0 saturated heterocycles. The number of aliphatic hydroxyl groups is 1. The van der Waals surface area contributed by atoms with Gasteiger partial charge in [-0.2, -0.15) is 0 Å². The zero-order valence-electron chi connectivity index (χ0n) is 25.3. The van der Waals surface area contributed by atoms with Crippen LogP contribution in [0.15, 0.2) is 46.7 Å². The quantitative estimate of drug-likeness (QED) is 0.109. The van der Waals surface area contributed by atoms with Crippen LogP contribution in [0, 0.1) is 84.6 Å². The Bertz CT molecular complexity index is 1030. The van der Waals surface area contributed by atoms with Crippen LogP contribution in [0.4, 0.5) is 0 Å². The van der Waals surface area contributed by atoms with Crippen molar-refractivity contribution >= 4 is 12.4 Å². The van der Waals surface area contributed by atoms with Crippen LogP contribution in [0.3, 0.4) is 0 Å². The van der Waals surface area contributed by atoms with E-state index in [0.29, 0.717) is 11.1 Å². The summed E-state index contributed by atoms with van der Waals surface area (Å²) in [4.78, 5) is 34.7. The summed E-state index contributed by atoms with van der Waals surface area (Å²) in [6.45, 7) is 5.91. The van der Waals surface area contributed by atoms with Crippen molar-refractivity contribution in [2.24, 2.45) is 10.3 Å². The predicted molar refractivity (Wildman–Crippen MR) is 153 cm³/mol. The first kappa shape index (κ1) is 55.3. The minimum Gasteiger partial charge on any atom is -0.870 e. The molecule has 47 heavy (non-hydrogen) atoms. The SMILES string of the molecule is CCOCC.CO.COc1cccc(/C=N/OCCO/N=C/c2cccc(OC)c2[O-])c1[O-].O=[N+]([O-])[O-].O=[N+]([O-])[O-].O=[N+]([O-])[O-].[Ni+3].[Tb]. The van der Waals surface area contributed by atoms with E-state index in [1.165, 1.54) is 26.6 Å². The summed E-state index contributed by atoms with van der Waals surface area (Å²) in [6.07, 6.45) is 2.60. The molecule has 0 amide bonds. The molecule has 0 saturated carbocycles. The number of para-hydroxylation sites is 2. The van der Waals surface area contributed by atoms with Gasteiger partial charge in [0.1, 0.15) is 11.5 Å². The maximum absolute atomic E-state index is 11.9. The molecule has 0 aromatic heterocycles. The van der Waals surface area contributed by atoms with Gasteiger partial charge in [-0.15, -0.1) is 0 Å². The van der Waals surface area contributed by atoms with Gasteiger partial charge in [-0.05, 0) is 37.1 Å². The number of hydrogen-bond acceptors (Lipinski definition) is 19. The van der Waals surface area contributed by atoms with Gasteiger partial charge in [0.15, 0.2) is 13.2 Å². The molecule has 1 N–H and O–H groups in total. The number of hydrogen-bond donors (Lipinski definition) is 1. The number of nitrogens with zero attached hydrogens (tertiary/aromatic N) is 5. The van der Waals surface area contributed by atoms with E-state index in [1.807, 2.05) is 13.8 Å². The van der Waals surface area contributed by atoms with E-state index in [1.54, 1.807) is 36.4 Å². The van der Waals surface area contributed by atoms with Crippen molar-refractivity contribution < 1.29 is 110 Å². The summed E-state index contributed by atoms with van der Waals surface area (Å²) >= 11 is 0. The third-order valence-electron chi connectivity index (χ3n) is 3.67. The van der Waals surface area contributed by atoms with Crippen molar-refractivity contribution in [1.29, 1.82) is 0 Å². The minimum atomic E-state index is -1.75. The Morgan fingerprint density at radius 3 is 1.17 bits per heavy atom. The molecule has 0 unspecified atom stereocenters. The van der Waals surface area contributed by atoms with E-state index < -0.39 is 15.3 Å². The molecule has 0 aliphatic rings. The summed E-state index contributed by atoms with van der Waals surface area (Å²) in [7, 11) is 3.85. The fraction of sp³-hybridized carbons (Fsp3) is 0.391. The first-order chi connectivity index (χ1) is 21.3. The van der Waals surface area contributed by atoms with Crippen LogP contribution in [0.2, 0.25) is 0 Å². The molecule has 0 spiro atoms. The average molecular weight is 868 g/mol. The van der Waals surface area contributed by atoms with Crippen LogP contribution in [-0.4, -0.2) is 80.6 Å². The Kier molecular flexibility index (Phi) is 46.9. The molecule has 24 heteroatoms. The van der Waals surface area contributed by atoms with Crippen molar-refractivity contribution in [1.82, 2.24) is 0 Å². The minimum absolute atomic E-state index is 0. The molecule has 22 nitrogen and oxygen atoms in total. The Hall–Kier alpha value is -4.12. The number of rotatable bonds is 11. The molecule has 272 valence electrons. The Balaban J connectivity index is -0.000000165. The van der Waals surface area contributed by atoms with E-state index in [-0.39, 0.29) is 91.3 Å². The van der Waals surface area contributed by atoms with Crippen LogP contribution in [0.25, 0.3) is 0 Å². The van der Waals surface area contributed by atoms with Crippen LogP contribution in [0.5, 0.6) is 23.0 Å². The third-order valence-corrected chi connectivity index (χ3v) is 3.67. The van der Waals surface area contributed by atoms with Crippen molar-refractivity contribution in [2.45, 2.75) is 13.8 Å². The van der Waals surface area contributed by atoms with Gasteiger partial charge >= 0.3 is 16.5 Å². The number of benzene rings is 2. The molecule has 0 atom stereocenters. The number of aliphatic hydroxyl groups excluding tert-OH is 1. The molecule has 0 fully saturated rings. The number of methoxy groups -OCH3 is 2. The van der Waals surface area contributed by atoms with Crippen LogP contribution in [0.1, 0.15) is 25.0 Å². The summed E-state index contributed by atoms with van der Waals surface area (Å²) in [5, 5.41) is 82.4. The van der Waals surface area contributed by atoms with Crippen LogP contribution in [-0.2, 0) is 30.9 Å². The first-order valence-corrected chi connectivity index (χ1v) is 11.7. The van der Waals surface area contributed by atoms with Crippen LogP contribution < -0.4 is 19.7 Å². The van der Waals surface area contributed by atoms with E-state index in [4.69, 9.17) is 75.0 Å². The third kappa shape index (κ3) is 39.9. The largest absolute Gasteiger partial charge is 3.00 e. The Morgan fingerprint density at radius 2 is 0.957 bits per heavy atom. The summed E-state index contributed by atoms with van der Waals surface area (Å²) in [5.74, 6) is -0.0615. The predicted octanol–water partition coefficient (Wildman–Crippen LogP) is 1.18. The topological polar surface area (TPSA) is 336 Å². The van der Waals surface area contributed by atoms with E-state index in [0.717, 1.165) is 20.3 Å². The van der Waals surface area contributed by atoms with Crippen molar-refractivity contribution in [3.63, 3.8) is 0 Å². The maximum Gasteiger partial charge on any atom is 3.00 e. The monoisotopic (exact) mass is 867 g/mol. The van der Waals surface area contributed by atoms with Gasteiger partial charge in [0.2, 0.25) is 0 Å². The second kappa shape index (κ2) is 39.9. The van der Waals surface area contributed by atoms with Gasteiger partial charge in [-0.3, -0.25) is 0 Å². The Labute approximate surface area is 308 Å². The summed E-state index contributed by atoms with van der Waals surface area (Å²) in [5.41, 5.74) is 0.702. The molecular formula is C23H32N5NiO17Tb-2. The van der Waals surface area contributed by atoms with Gasteiger partial charge in [0.05, 0.1) is 41.9 Å². The fourth-order valence-electron chi connectivity index (χ4n) is 2.16. The molecule has 0 bridgehead atoms. The molecule has 0 heterocycles. The van der Waals surface area contributed by atoms with E-state index >= 15 is 0 Å². The summed E-state index contributed by atoms with van der Waals surface area (Å²) in [6, 6.07) is 9.72. The Morgan fingerprint density at radius 1 is 0.681 bits per heavy atom. The van der Waals surface area contributed by atoms with Gasteiger partial charge in [0, 0.05) is 58.9 Å². The average Bonchev–Trinajstić information content (AvgIpc) is 2.97. The molecule has 0 aliphatic carbocycles. The van der Waals surface area contributed by atoms with Gasteiger partial charge in [-0.1, -0.05) is 46.1 Å². The molecule has 0 aliphatic heterocycles. The molecule has 2 rings (SSSR count). The second-order valence-corrected chi connectivity index (χ2v) is 6.35. The summed E-state index contributed by atoms with van der Waals surface area (Å²) < 4.78 is 14.7. The van der Waals surface area contributed by atoms with Gasteiger partial charge in [-0.25, -0.2) is 0 Å². The van der Waals surface area contributed by atoms with Crippen molar-refractivity contribution in [3.8, 4) is 23.0 Å². The van der Waals surface area contributed by atoms with Crippen molar-refractivity contribution in [2.75, 3.05) is 47.8 Å². The molecular weight excluding hydrogens is 836 g/mol. The molecule has 2 radical (unpaired) electrons. The maximum atomic E-state index is 11.9. The zero-order chi connectivity index (χ0) is 35.6. The molecule has 2 aromatic rings. The second-order valence-electron chi connectivity index (χ2n) is 6.35. The standard InChI is InChI=1S/C18H20N2O6.C4H10O.CH4O.3NO3.Ni.Tb/c1-23-15-7-3-5-13(17(15)21)11-19-25-9-10-26-20-12-14-6-4-8-16(24-2)18(14)22;1-3-5-4-2;1-2;3*2-1(3)4;;/h3-8,11-12,21-22H,9-10H2,1-2H3;3-4H2,1-2H3;2H,1H3;;;;;/q;;;3*-1;+3;/p-2/b19-11+,20-12+;;;;;;;. The van der Waals surface area contributed by atoms with E-state index in [9.17, 15) is 10.2 Å². The van der Waals surface area contributed by atoms with E-state index in [2.05, 4.69) is 10.3 Å². The van der Waals surface area contributed by atoms with Gasteiger partial charge in [0.25, 0.3) is 0 Å². The fourth-order valence-corrected chi connectivity index (χ4v) is 2.16. The number of oxime groups is 2. The normalized spacial score (nSPS) is 8.64. The number of ether oxygens (including phenoxy) is 3. The first-order valence-electron chi connectivity index (χ1n) is 11.7. The van der Waals surface area contributed by atoms with Crippen molar-refractivity contribution in [3.05, 3.63) is 93.5 Å². The smallest absolute Gasteiger partial charge is 0.870 e. The van der Waals surface area contributed by atoms with Gasteiger partial charge < -0.3 is 85.2 Å².